The normalized spacial score (nSPS) is 10.4. The Hall–Kier alpha value is -1.94. The lowest BCUT2D eigenvalue weighted by Crippen LogP contribution is -2.03. The van der Waals surface area contributed by atoms with Crippen LogP contribution in [0.1, 0.15) is 10.4 Å². The molecule has 2 aromatic rings. The Kier molecular flexibility index (Phi) is 3.30. The van der Waals surface area contributed by atoms with Crippen molar-refractivity contribution >= 4 is 17.6 Å². The van der Waals surface area contributed by atoms with Gasteiger partial charge in [0, 0.05) is 16.1 Å². The van der Waals surface area contributed by atoms with Gasteiger partial charge in [0.05, 0.1) is 5.56 Å². The van der Waals surface area contributed by atoms with E-state index in [0.29, 0.717) is 5.56 Å². The number of carboxylic acids is 1. The third-order valence-electron chi connectivity index (χ3n) is 2.48. The van der Waals surface area contributed by atoms with Crippen LogP contribution in [-0.4, -0.2) is 11.1 Å². The van der Waals surface area contributed by atoms with Gasteiger partial charge in [0.1, 0.15) is 0 Å². The van der Waals surface area contributed by atoms with Crippen LogP contribution in [0.2, 0.25) is 5.02 Å². The van der Waals surface area contributed by atoms with E-state index in [0.717, 1.165) is 6.07 Å². The Morgan fingerprint density at radius 3 is 2.28 bits per heavy atom. The Balaban J connectivity index is 2.65. The molecule has 0 saturated heterocycles. The van der Waals surface area contributed by atoms with E-state index in [-0.39, 0.29) is 10.6 Å². The van der Waals surface area contributed by atoms with Gasteiger partial charge in [-0.3, -0.25) is 0 Å². The van der Waals surface area contributed by atoms with E-state index in [9.17, 15) is 13.6 Å². The third-order valence-corrected chi connectivity index (χ3v) is 2.81. The number of carbonyl (C=O) groups is 1. The van der Waals surface area contributed by atoms with Crippen molar-refractivity contribution in [3.8, 4) is 11.1 Å². The van der Waals surface area contributed by atoms with Gasteiger partial charge in [0.25, 0.3) is 0 Å². The first-order valence-corrected chi connectivity index (χ1v) is 5.36. The molecule has 0 radical (unpaired) electrons. The van der Waals surface area contributed by atoms with Gasteiger partial charge >= 0.3 is 5.97 Å². The van der Waals surface area contributed by atoms with Crippen molar-refractivity contribution in [1.82, 2.24) is 0 Å². The van der Waals surface area contributed by atoms with E-state index < -0.39 is 23.2 Å². The summed E-state index contributed by atoms with van der Waals surface area (Å²) < 4.78 is 27.3. The highest BCUT2D eigenvalue weighted by atomic mass is 35.5. The number of rotatable bonds is 2. The topological polar surface area (TPSA) is 37.3 Å². The van der Waals surface area contributed by atoms with Crippen molar-refractivity contribution in [1.29, 1.82) is 0 Å². The zero-order valence-corrected chi connectivity index (χ0v) is 9.71. The van der Waals surface area contributed by atoms with Crippen LogP contribution in [0.5, 0.6) is 0 Å². The predicted octanol–water partition coefficient (Wildman–Crippen LogP) is 3.98. The lowest BCUT2D eigenvalue weighted by Gasteiger charge is -2.07. The molecule has 18 heavy (non-hydrogen) atoms. The summed E-state index contributed by atoms with van der Waals surface area (Å²) in [5.74, 6) is -4.12. The van der Waals surface area contributed by atoms with Gasteiger partial charge in [-0.25, -0.2) is 13.6 Å². The molecular weight excluding hydrogens is 262 g/mol. The summed E-state index contributed by atoms with van der Waals surface area (Å²) in [7, 11) is 0. The summed E-state index contributed by atoms with van der Waals surface area (Å²) >= 11 is 5.88. The molecule has 0 aliphatic rings. The molecule has 0 fully saturated rings. The van der Waals surface area contributed by atoms with E-state index in [1.54, 1.807) is 18.2 Å². The lowest BCUT2D eigenvalue weighted by atomic mass is 10.0. The maximum Gasteiger partial charge on any atom is 0.338 e. The van der Waals surface area contributed by atoms with E-state index in [1.165, 1.54) is 12.1 Å². The van der Waals surface area contributed by atoms with E-state index in [2.05, 4.69) is 0 Å². The van der Waals surface area contributed by atoms with Crippen LogP contribution in [0.3, 0.4) is 0 Å². The summed E-state index contributed by atoms with van der Waals surface area (Å²) in [5.41, 5.74) is -0.459. The predicted molar refractivity (Wildman–Crippen MR) is 63.8 cm³/mol. The Bertz CT molecular complexity index is 626. The fraction of sp³-hybridized carbons (Fsp3) is 0. The van der Waals surface area contributed by atoms with Gasteiger partial charge in [-0.05, 0) is 12.1 Å². The molecule has 0 bridgehead atoms. The van der Waals surface area contributed by atoms with Crippen LogP contribution < -0.4 is 0 Å². The summed E-state index contributed by atoms with van der Waals surface area (Å²) in [6.45, 7) is 0. The molecule has 0 aliphatic carbocycles. The van der Waals surface area contributed by atoms with Crippen LogP contribution >= 0.6 is 11.6 Å². The molecule has 0 unspecified atom stereocenters. The fourth-order valence-electron chi connectivity index (χ4n) is 1.60. The number of hydrogen-bond donors (Lipinski definition) is 1. The Labute approximate surface area is 106 Å². The van der Waals surface area contributed by atoms with Crippen molar-refractivity contribution in [3.63, 3.8) is 0 Å². The molecule has 0 atom stereocenters. The number of aromatic carboxylic acids is 1. The molecule has 92 valence electrons. The zero-order valence-electron chi connectivity index (χ0n) is 8.95. The number of benzene rings is 2. The molecule has 0 saturated carbocycles. The molecular formula is C13H7ClF2O2. The average molecular weight is 269 g/mol. The van der Waals surface area contributed by atoms with Crippen molar-refractivity contribution in [2.75, 3.05) is 0 Å². The summed E-state index contributed by atoms with van der Waals surface area (Å²) in [6, 6.07) is 8.57. The van der Waals surface area contributed by atoms with Gasteiger partial charge in [0.15, 0.2) is 11.6 Å². The molecule has 5 heteroatoms. The Morgan fingerprint density at radius 2 is 1.67 bits per heavy atom. The summed E-state index contributed by atoms with van der Waals surface area (Å²) in [5, 5.41) is 8.94. The first-order chi connectivity index (χ1) is 8.52. The van der Waals surface area contributed by atoms with Crippen molar-refractivity contribution in [3.05, 3.63) is 58.6 Å². The quantitative estimate of drug-likeness (QED) is 0.894. The van der Waals surface area contributed by atoms with Crippen LogP contribution in [-0.2, 0) is 0 Å². The van der Waals surface area contributed by atoms with Crippen molar-refractivity contribution in [2.24, 2.45) is 0 Å². The molecule has 1 N–H and O–H groups in total. The zero-order chi connectivity index (χ0) is 13.3. The van der Waals surface area contributed by atoms with E-state index >= 15 is 0 Å². The van der Waals surface area contributed by atoms with Crippen LogP contribution in [0.4, 0.5) is 8.78 Å². The van der Waals surface area contributed by atoms with Crippen molar-refractivity contribution < 1.29 is 18.7 Å². The standard InChI is InChI=1S/C13H7ClF2O2/c14-10-4-2-1-3-7(10)8-5-6-9(13(17)18)12(16)11(8)15/h1-6H,(H,17,18). The van der Waals surface area contributed by atoms with Crippen molar-refractivity contribution in [2.45, 2.75) is 0 Å². The number of hydrogen-bond acceptors (Lipinski definition) is 1. The highest BCUT2D eigenvalue weighted by molar-refractivity contribution is 6.33. The minimum Gasteiger partial charge on any atom is -0.478 e. The average Bonchev–Trinajstić information content (AvgIpc) is 2.33. The second-order valence-electron chi connectivity index (χ2n) is 3.57. The monoisotopic (exact) mass is 268 g/mol. The minimum atomic E-state index is -1.52. The van der Waals surface area contributed by atoms with Crippen LogP contribution in [0.15, 0.2) is 36.4 Å². The maximum absolute atomic E-state index is 13.8. The first kappa shape index (κ1) is 12.5. The smallest absolute Gasteiger partial charge is 0.338 e. The maximum atomic E-state index is 13.8. The van der Waals surface area contributed by atoms with Gasteiger partial charge < -0.3 is 5.11 Å². The SMILES string of the molecule is O=C(O)c1ccc(-c2ccccc2Cl)c(F)c1F. The van der Waals surface area contributed by atoms with Gasteiger partial charge in [-0.1, -0.05) is 35.9 Å². The van der Waals surface area contributed by atoms with Gasteiger partial charge in [-0.15, -0.1) is 0 Å². The third kappa shape index (κ3) is 2.07. The van der Waals surface area contributed by atoms with Gasteiger partial charge in [-0.2, -0.15) is 0 Å². The largest absolute Gasteiger partial charge is 0.478 e. The second-order valence-corrected chi connectivity index (χ2v) is 3.98. The molecule has 0 heterocycles. The Morgan fingerprint density at radius 1 is 1.00 bits per heavy atom. The minimum absolute atomic E-state index is 0.0666. The molecule has 0 spiro atoms. The van der Waals surface area contributed by atoms with Gasteiger partial charge in [0.2, 0.25) is 0 Å². The van der Waals surface area contributed by atoms with E-state index in [4.69, 9.17) is 16.7 Å². The van der Waals surface area contributed by atoms with E-state index in [1.807, 2.05) is 0 Å². The molecule has 0 aliphatic heterocycles. The lowest BCUT2D eigenvalue weighted by molar-refractivity contribution is 0.0690. The molecule has 2 nitrogen and oxygen atoms in total. The molecule has 0 aromatic heterocycles. The molecule has 2 aromatic carbocycles. The first-order valence-electron chi connectivity index (χ1n) is 4.98. The van der Waals surface area contributed by atoms with Crippen LogP contribution in [0.25, 0.3) is 11.1 Å². The number of carboxylic acid groups (broad SMARTS) is 1. The summed E-state index contributed by atoms with van der Waals surface area (Å²) in [4.78, 5) is 10.7. The highest BCUT2D eigenvalue weighted by Gasteiger charge is 2.19. The molecule has 2 rings (SSSR count). The second kappa shape index (κ2) is 4.74. The highest BCUT2D eigenvalue weighted by Crippen LogP contribution is 2.31. The van der Waals surface area contributed by atoms with Crippen LogP contribution in [0, 0.1) is 11.6 Å². The molecule has 0 amide bonds. The summed E-state index contributed by atoms with van der Waals surface area (Å²) in [6.07, 6.45) is 0. The number of halogens is 3. The fourth-order valence-corrected chi connectivity index (χ4v) is 1.84.